The molecule has 6 heteroatoms. The molecule has 1 saturated heterocycles. The minimum absolute atomic E-state index is 0.125. The first kappa shape index (κ1) is 14.4. The summed E-state index contributed by atoms with van der Waals surface area (Å²) in [5.41, 5.74) is 5.01. The van der Waals surface area contributed by atoms with Gasteiger partial charge in [0.25, 0.3) is 5.91 Å². The number of benzene rings is 1. The van der Waals surface area contributed by atoms with Crippen molar-refractivity contribution in [3.63, 3.8) is 0 Å². The van der Waals surface area contributed by atoms with Crippen molar-refractivity contribution in [1.82, 2.24) is 4.90 Å². The van der Waals surface area contributed by atoms with Crippen molar-refractivity contribution >= 4 is 11.8 Å². The predicted molar refractivity (Wildman–Crippen MR) is 68.8 cm³/mol. The molecular formula is C14H16F2N2O2. The van der Waals surface area contributed by atoms with Crippen molar-refractivity contribution in [2.45, 2.75) is 19.3 Å². The topological polar surface area (TPSA) is 63.4 Å². The van der Waals surface area contributed by atoms with Gasteiger partial charge in [-0.05, 0) is 30.9 Å². The maximum Gasteiger partial charge on any atom is 0.256 e. The Morgan fingerprint density at radius 2 is 1.90 bits per heavy atom. The number of rotatable bonds is 3. The molecule has 0 radical (unpaired) electrons. The minimum Gasteiger partial charge on any atom is -0.370 e. The molecule has 2 amide bonds. The first-order valence-electron chi connectivity index (χ1n) is 6.50. The van der Waals surface area contributed by atoms with Crippen LogP contribution in [0.25, 0.3) is 0 Å². The van der Waals surface area contributed by atoms with Crippen LogP contribution in [0.4, 0.5) is 8.78 Å². The summed E-state index contributed by atoms with van der Waals surface area (Å²) < 4.78 is 26.4. The molecule has 0 aromatic heterocycles. The molecule has 1 fully saturated rings. The van der Waals surface area contributed by atoms with E-state index in [1.807, 2.05) is 0 Å². The van der Waals surface area contributed by atoms with Gasteiger partial charge in [-0.2, -0.15) is 0 Å². The van der Waals surface area contributed by atoms with Gasteiger partial charge in [-0.3, -0.25) is 9.59 Å². The highest BCUT2D eigenvalue weighted by molar-refractivity contribution is 5.94. The van der Waals surface area contributed by atoms with Crippen molar-refractivity contribution < 1.29 is 18.4 Å². The molecule has 2 rings (SSSR count). The molecule has 0 unspecified atom stereocenters. The third-order valence-corrected chi connectivity index (χ3v) is 3.55. The second-order valence-corrected chi connectivity index (χ2v) is 5.03. The quantitative estimate of drug-likeness (QED) is 0.917. The fourth-order valence-electron chi connectivity index (χ4n) is 2.46. The highest BCUT2D eigenvalue weighted by Gasteiger charge is 2.26. The van der Waals surface area contributed by atoms with E-state index in [9.17, 15) is 18.4 Å². The van der Waals surface area contributed by atoms with Crippen LogP contribution in [0.15, 0.2) is 18.2 Å². The Balaban J connectivity index is 1.99. The van der Waals surface area contributed by atoms with Crippen LogP contribution in [0.2, 0.25) is 0 Å². The molecule has 108 valence electrons. The zero-order valence-corrected chi connectivity index (χ0v) is 10.9. The van der Waals surface area contributed by atoms with E-state index in [0.29, 0.717) is 38.4 Å². The molecule has 0 spiro atoms. The number of carbonyl (C=O) groups excluding carboxylic acids is 2. The van der Waals surface area contributed by atoms with Crippen LogP contribution in [0, 0.1) is 17.6 Å². The first-order chi connectivity index (χ1) is 9.47. The Morgan fingerprint density at radius 3 is 2.45 bits per heavy atom. The van der Waals surface area contributed by atoms with E-state index in [1.54, 1.807) is 0 Å². The monoisotopic (exact) mass is 282 g/mol. The zero-order chi connectivity index (χ0) is 14.7. The number of halogens is 2. The third kappa shape index (κ3) is 3.31. The van der Waals surface area contributed by atoms with Crippen LogP contribution in [0.1, 0.15) is 29.6 Å². The van der Waals surface area contributed by atoms with E-state index < -0.39 is 17.5 Å². The Bertz CT molecular complexity index is 526. The average Bonchev–Trinajstić information content (AvgIpc) is 2.38. The van der Waals surface area contributed by atoms with Crippen LogP contribution in [-0.2, 0) is 4.79 Å². The smallest absolute Gasteiger partial charge is 0.256 e. The highest BCUT2D eigenvalue weighted by atomic mass is 19.1. The Hall–Kier alpha value is -1.98. The standard InChI is InChI=1S/C14H16F2N2O2/c15-10-1-2-11(12(16)8-10)14(20)18-5-3-9(4-6-18)7-13(17)19/h1-2,8-9H,3-7H2,(H2,17,19). The van der Waals surface area contributed by atoms with E-state index in [0.717, 1.165) is 12.1 Å². The van der Waals surface area contributed by atoms with E-state index in [2.05, 4.69) is 0 Å². The summed E-state index contributed by atoms with van der Waals surface area (Å²) in [7, 11) is 0. The van der Waals surface area contributed by atoms with Crippen molar-refractivity contribution in [2.24, 2.45) is 11.7 Å². The largest absolute Gasteiger partial charge is 0.370 e. The summed E-state index contributed by atoms with van der Waals surface area (Å²) in [5.74, 6) is -2.18. The summed E-state index contributed by atoms with van der Waals surface area (Å²) in [4.78, 5) is 24.5. The number of piperidine rings is 1. The Labute approximate surface area is 115 Å². The molecular weight excluding hydrogens is 266 g/mol. The normalized spacial score (nSPS) is 16.2. The van der Waals surface area contributed by atoms with Crippen LogP contribution in [0.5, 0.6) is 0 Å². The maximum atomic E-state index is 13.6. The molecule has 0 bridgehead atoms. The summed E-state index contributed by atoms with van der Waals surface area (Å²) >= 11 is 0. The lowest BCUT2D eigenvalue weighted by atomic mass is 9.93. The molecule has 1 aromatic carbocycles. The van der Waals surface area contributed by atoms with E-state index >= 15 is 0 Å². The van der Waals surface area contributed by atoms with Gasteiger partial charge in [-0.25, -0.2) is 8.78 Å². The molecule has 0 aliphatic carbocycles. The highest BCUT2D eigenvalue weighted by Crippen LogP contribution is 2.22. The van der Waals surface area contributed by atoms with Gasteiger partial charge >= 0.3 is 0 Å². The van der Waals surface area contributed by atoms with Crippen LogP contribution in [0.3, 0.4) is 0 Å². The van der Waals surface area contributed by atoms with Gasteiger partial charge in [0.05, 0.1) is 5.56 Å². The van der Waals surface area contributed by atoms with Crippen molar-refractivity contribution in [1.29, 1.82) is 0 Å². The van der Waals surface area contributed by atoms with Crippen LogP contribution in [-0.4, -0.2) is 29.8 Å². The number of primary amides is 1. The summed E-state index contributed by atoms with van der Waals surface area (Å²) in [6.45, 7) is 0.904. The SMILES string of the molecule is NC(=O)CC1CCN(C(=O)c2ccc(F)cc2F)CC1. The minimum atomic E-state index is -0.853. The second kappa shape index (κ2) is 5.98. The van der Waals surface area contributed by atoms with E-state index in [-0.39, 0.29) is 17.4 Å². The van der Waals surface area contributed by atoms with E-state index in [1.165, 1.54) is 4.90 Å². The molecule has 1 aromatic rings. The van der Waals surface area contributed by atoms with Gasteiger partial charge in [0.2, 0.25) is 5.91 Å². The number of carbonyl (C=O) groups is 2. The lowest BCUT2D eigenvalue weighted by Gasteiger charge is -2.31. The van der Waals surface area contributed by atoms with Gasteiger partial charge in [-0.1, -0.05) is 0 Å². The van der Waals surface area contributed by atoms with Crippen molar-refractivity contribution in [3.8, 4) is 0 Å². The number of nitrogens with two attached hydrogens (primary N) is 1. The second-order valence-electron chi connectivity index (χ2n) is 5.03. The molecule has 1 aliphatic heterocycles. The summed E-state index contributed by atoms with van der Waals surface area (Å²) in [6, 6.07) is 2.92. The lowest BCUT2D eigenvalue weighted by molar-refractivity contribution is -0.119. The maximum absolute atomic E-state index is 13.6. The molecule has 0 atom stereocenters. The van der Waals surface area contributed by atoms with Gasteiger partial charge in [0, 0.05) is 25.6 Å². The molecule has 0 saturated carbocycles. The van der Waals surface area contributed by atoms with Gasteiger partial charge < -0.3 is 10.6 Å². The van der Waals surface area contributed by atoms with Gasteiger partial charge in [0.1, 0.15) is 11.6 Å². The fourth-order valence-corrected chi connectivity index (χ4v) is 2.46. The number of likely N-dealkylation sites (tertiary alicyclic amines) is 1. The summed E-state index contributed by atoms with van der Waals surface area (Å²) in [6.07, 6.45) is 1.64. The van der Waals surface area contributed by atoms with Crippen molar-refractivity contribution in [2.75, 3.05) is 13.1 Å². The van der Waals surface area contributed by atoms with Gasteiger partial charge in [-0.15, -0.1) is 0 Å². The molecule has 1 heterocycles. The first-order valence-corrected chi connectivity index (χ1v) is 6.50. The zero-order valence-electron chi connectivity index (χ0n) is 10.9. The number of amides is 2. The van der Waals surface area contributed by atoms with E-state index in [4.69, 9.17) is 5.73 Å². The Kier molecular flexibility index (Phi) is 4.32. The average molecular weight is 282 g/mol. The molecule has 4 nitrogen and oxygen atoms in total. The number of hydrogen-bond acceptors (Lipinski definition) is 2. The molecule has 1 aliphatic rings. The Morgan fingerprint density at radius 1 is 1.25 bits per heavy atom. The molecule has 20 heavy (non-hydrogen) atoms. The molecule has 2 N–H and O–H groups in total. The third-order valence-electron chi connectivity index (χ3n) is 3.55. The predicted octanol–water partition coefficient (Wildman–Crippen LogP) is 1.69. The van der Waals surface area contributed by atoms with Crippen LogP contribution < -0.4 is 5.73 Å². The number of nitrogens with zero attached hydrogens (tertiary/aromatic N) is 1. The summed E-state index contributed by atoms with van der Waals surface area (Å²) in [5, 5.41) is 0. The van der Waals surface area contributed by atoms with Crippen LogP contribution >= 0.6 is 0 Å². The van der Waals surface area contributed by atoms with Gasteiger partial charge in [0.15, 0.2) is 0 Å². The number of hydrogen-bond donors (Lipinski definition) is 1. The lowest BCUT2D eigenvalue weighted by Crippen LogP contribution is -2.39. The van der Waals surface area contributed by atoms with Crippen molar-refractivity contribution in [3.05, 3.63) is 35.4 Å². The fraction of sp³-hybridized carbons (Fsp3) is 0.429.